The number of thiophene rings is 1. The van der Waals surface area contributed by atoms with Crippen molar-refractivity contribution in [2.75, 3.05) is 5.32 Å². The van der Waals surface area contributed by atoms with Gasteiger partial charge in [0.25, 0.3) is 0 Å². The molecule has 2 rings (SSSR count). The van der Waals surface area contributed by atoms with E-state index in [1.54, 1.807) is 13.8 Å². The van der Waals surface area contributed by atoms with E-state index in [9.17, 15) is 4.79 Å². The highest BCUT2D eigenvalue weighted by atomic mass is 32.1. The van der Waals surface area contributed by atoms with E-state index in [1.165, 1.54) is 17.7 Å². The zero-order chi connectivity index (χ0) is 11.8. The van der Waals surface area contributed by atoms with Crippen LogP contribution in [0.1, 0.15) is 13.8 Å². The number of anilines is 1. The molecule has 84 valence electrons. The minimum atomic E-state index is -0.828. The van der Waals surface area contributed by atoms with Gasteiger partial charge in [-0.1, -0.05) is 0 Å². The lowest BCUT2D eigenvalue weighted by molar-refractivity contribution is -0.121. The molecule has 0 aliphatic heterocycles. The number of aromatic nitrogens is 2. The normalized spacial score (nSPS) is 11.6. The topological polar surface area (TPSA) is 80.9 Å². The monoisotopic (exact) mass is 236 g/mol. The maximum absolute atomic E-state index is 11.2. The molecule has 0 aromatic carbocycles. The fourth-order valence-electron chi connectivity index (χ4n) is 1.24. The summed E-state index contributed by atoms with van der Waals surface area (Å²) < 4.78 is 0.928. The van der Waals surface area contributed by atoms with E-state index in [1.807, 2.05) is 11.4 Å². The van der Waals surface area contributed by atoms with E-state index in [2.05, 4.69) is 15.3 Å². The molecule has 0 saturated heterocycles. The van der Waals surface area contributed by atoms with Crippen LogP contribution in [0, 0.1) is 0 Å². The Morgan fingerprint density at radius 2 is 2.25 bits per heavy atom. The van der Waals surface area contributed by atoms with Crippen LogP contribution in [0.25, 0.3) is 10.2 Å². The smallest absolute Gasteiger partial charge is 0.242 e. The van der Waals surface area contributed by atoms with E-state index >= 15 is 0 Å². The van der Waals surface area contributed by atoms with Crippen LogP contribution in [0.5, 0.6) is 0 Å². The molecule has 2 aromatic heterocycles. The summed E-state index contributed by atoms with van der Waals surface area (Å²) >= 11 is 1.53. The summed E-state index contributed by atoms with van der Waals surface area (Å²) in [5, 5.41) is 4.96. The minimum absolute atomic E-state index is 0.421. The molecule has 0 bridgehead atoms. The molecule has 1 amide bonds. The first kappa shape index (κ1) is 10.8. The molecule has 0 aliphatic rings. The summed E-state index contributed by atoms with van der Waals surface area (Å²) in [6.45, 7) is 3.44. The molecule has 0 fully saturated rings. The van der Waals surface area contributed by atoms with Crippen LogP contribution in [0.15, 0.2) is 17.8 Å². The third kappa shape index (κ3) is 1.83. The fourth-order valence-corrected chi connectivity index (χ4v) is 2.03. The van der Waals surface area contributed by atoms with E-state index in [4.69, 9.17) is 5.73 Å². The summed E-state index contributed by atoms with van der Waals surface area (Å²) in [7, 11) is 0. The number of nitrogens with one attached hydrogen (secondary N) is 1. The van der Waals surface area contributed by atoms with Gasteiger partial charge in [0.2, 0.25) is 5.91 Å². The molecule has 16 heavy (non-hydrogen) atoms. The van der Waals surface area contributed by atoms with Crippen LogP contribution >= 0.6 is 11.3 Å². The molecule has 0 unspecified atom stereocenters. The van der Waals surface area contributed by atoms with Gasteiger partial charge in [-0.25, -0.2) is 9.97 Å². The predicted octanol–water partition coefficient (Wildman–Crippen LogP) is 1.37. The number of nitrogens with zero attached hydrogens (tertiary/aromatic N) is 2. The van der Waals surface area contributed by atoms with Gasteiger partial charge in [0.05, 0.1) is 10.2 Å². The Balaban J connectivity index is 2.41. The van der Waals surface area contributed by atoms with Gasteiger partial charge in [0.15, 0.2) is 0 Å². The average molecular weight is 236 g/mol. The maximum atomic E-state index is 11.2. The highest BCUT2D eigenvalue weighted by molar-refractivity contribution is 7.17. The highest BCUT2D eigenvalue weighted by Gasteiger charge is 2.25. The van der Waals surface area contributed by atoms with Crippen molar-refractivity contribution in [1.29, 1.82) is 0 Å². The summed E-state index contributed by atoms with van der Waals surface area (Å²) in [5.41, 5.74) is 5.33. The number of nitrogens with two attached hydrogens (primary N) is 1. The molecule has 0 spiro atoms. The van der Waals surface area contributed by atoms with Crippen LogP contribution in [0.2, 0.25) is 0 Å². The third-order valence-corrected chi connectivity index (χ3v) is 3.20. The van der Waals surface area contributed by atoms with Gasteiger partial charge in [-0.15, -0.1) is 11.3 Å². The van der Waals surface area contributed by atoms with Gasteiger partial charge in [-0.2, -0.15) is 0 Å². The van der Waals surface area contributed by atoms with Gasteiger partial charge < -0.3 is 11.1 Å². The molecule has 3 N–H and O–H groups in total. The molecule has 6 heteroatoms. The van der Waals surface area contributed by atoms with Crippen LogP contribution in [0.3, 0.4) is 0 Å². The number of amides is 1. The van der Waals surface area contributed by atoms with E-state index in [0.29, 0.717) is 5.82 Å². The second-order valence-corrected chi connectivity index (χ2v) is 4.89. The van der Waals surface area contributed by atoms with Crippen molar-refractivity contribution in [1.82, 2.24) is 9.97 Å². The number of primary amides is 1. The molecule has 2 aromatic rings. The summed E-state index contributed by atoms with van der Waals surface area (Å²) in [6, 6.07) is 1.91. The van der Waals surface area contributed by atoms with Crippen LogP contribution in [-0.2, 0) is 4.79 Å². The van der Waals surface area contributed by atoms with Crippen molar-refractivity contribution in [3.8, 4) is 0 Å². The number of hydrogen-bond acceptors (Lipinski definition) is 5. The Hall–Kier alpha value is -1.69. The summed E-state index contributed by atoms with van der Waals surface area (Å²) in [4.78, 5) is 19.5. The van der Waals surface area contributed by atoms with Crippen molar-refractivity contribution in [2.45, 2.75) is 19.4 Å². The first-order chi connectivity index (χ1) is 7.50. The largest absolute Gasteiger partial charge is 0.368 e. The zero-order valence-electron chi connectivity index (χ0n) is 9.02. The number of rotatable bonds is 3. The molecule has 0 saturated carbocycles. The number of fused-ring (bicyclic) bond motifs is 1. The molecular weight excluding hydrogens is 224 g/mol. The van der Waals surface area contributed by atoms with Gasteiger partial charge in [0.1, 0.15) is 17.7 Å². The number of carbonyl (C=O) groups is 1. The number of carbonyl (C=O) groups excluding carboxylic acids is 1. The third-order valence-electron chi connectivity index (χ3n) is 2.29. The Bertz CT molecular complexity index is 534. The van der Waals surface area contributed by atoms with Crippen molar-refractivity contribution in [3.05, 3.63) is 17.8 Å². The molecular formula is C10H12N4OS. The Morgan fingerprint density at radius 3 is 2.94 bits per heavy atom. The maximum Gasteiger partial charge on any atom is 0.242 e. The van der Waals surface area contributed by atoms with Crippen LogP contribution in [0.4, 0.5) is 5.82 Å². The SMILES string of the molecule is CC(C)(Nc1ncnc2ccsc12)C(N)=O. The molecule has 5 nitrogen and oxygen atoms in total. The van der Waals surface area contributed by atoms with Crippen LogP contribution < -0.4 is 11.1 Å². The van der Waals surface area contributed by atoms with Gasteiger partial charge in [0, 0.05) is 0 Å². The molecule has 0 radical (unpaired) electrons. The van der Waals surface area contributed by atoms with E-state index < -0.39 is 11.4 Å². The molecule has 0 atom stereocenters. The first-order valence-corrected chi connectivity index (χ1v) is 5.65. The minimum Gasteiger partial charge on any atom is -0.368 e. The highest BCUT2D eigenvalue weighted by Crippen LogP contribution is 2.26. The lowest BCUT2D eigenvalue weighted by Crippen LogP contribution is -2.45. The van der Waals surface area contributed by atoms with E-state index in [-0.39, 0.29) is 0 Å². The predicted molar refractivity (Wildman–Crippen MR) is 64.3 cm³/mol. The zero-order valence-corrected chi connectivity index (χ0v) is 9.84. The summed E-state index contributed by atoms with van der Waals surface area (Å²) in [5.74, 6) is 0.222. The Kier molecular flexibility index (Phi) is 2.51. The fraction of sp³-hybridized carbons (Fsp3) is 0.300. The van der Waals surface area contributed by atoms with Crippen molar-refractivity contribution < 1.29 is 4.79 Å². The Morgan fingerprint density at radius 1 is 1.50 bits per heavy atom. The van der Waals surface area contributed by atoms with Crippen LogP contribution in [-0.4, -0.2) is 21.4 Å². The van der Waals surface area contributed by atoms with Crippen molar-refractivity contribution in [3.63, 3.8) is 0 Å². The Labute approximate surface area is 96.7 Å². The summed E-state index contributed by atoms with van der Waals surface area (Å²) in [6.07, 6.45) is 1.47. The van der Waals surface area contributed by atoms with Gasteiger partial charge in [-0.05, 0) is 25.3 Å². The number of hydrogen-bond donors (Lipinski definition) is 2. The lowest BCUT2D eigenvalue weighted by Gasteiger charge is -2.22. The van der Waals surface area contributed by atoms with E-state index in [0.717, 1.165) is 10.2 Å². The quantitative estimate of drug-likeness (QED) is 0.843. The van der Waals surface area contributed by atoms with Crippen molar-refractivity contribution in [2.24, 2.45) is 5.73 Å². The lowest BCUT2D eigenvalue weighted by atomic mass is 10.1. The second kappa shape index (κ2) is 3.71. The molecule has 2 heterocycles. The molecule has 0 aliphatic carbocycles. The average Bonchev–Trinajstić information content (AvgIpc) is 2.65. The van der Waals surface area contributed by atoms with Gasteiger partial charge >= 0.3 is 0 Å². The second-order valence-electron chi connectivity index (χ2n) is 3.97. The van der Waals surface area contributed by atoms with Crippen molar-refractivity contribution >= 4 is 33.3 Å². The first-order valence-electron chi connectivity index (χ1n) is 4.77. The standard InChI is InChI=1S/C10H12N4OS/c1-10(2,9(11)15)14-8-7-6(3-4-16-7)12-5-13-8/h3-5H,1-2H3,(H2,11,15)(H,12,13,14). The van der Waals surface area contributed by atoms with Gasteiger partial charge in [-0.3, -0.25) is 4.79 Å².